The average Bonchev–Trinajstić information content (AvgIpc) is 3.27. The molecule has 39 heavy (non-hydrogen) atoms. The van der Waals surface area contributed by atoms with E-state index in [4.69, 9.17) is 16.3 Å². The summed E-state index contributed by atoms with van der Waals surface area (Å²) in [6, 6.07) is 23.4. The summed E-state index contributed by atoms with van der Waals surface area (Å²) < 4.78 is 63.6. The molecule has 3 nitrogen and oxygen atoms in total. The Morgan fingerprint density at radius 3 is 2.36 bits per heavy atom. The van der Waals surface area contributed by atoms with Gasteiger partial charge in [-0.1, -0.05) is 80.0 Å². The van der Waals surface area contributed by atoms with Crippen molar-refractivity contribution in [1.82, 2.24) is 9.78 Å². The molecule has 0 unspecified atom stereocenters. The highest BCUT2D eigenvalue weighted by atomic mass is 35.5. The standard InChI is InChI=1S/C31H25ClF4N2O/c1-19(2)21-11-9-20(10-12-21)18-39-25-6-3-5-22(15-25)30-26-7-4-8-27(31(34,35)36)29(26)37-38(30)17-23-13-14-24(32)16-28(23)33/h3-16,19H,17-18H2,1-2H3. The van der Waals surface area contributed by atoms with Gasteiger partial charge < -0.3 is 4.74 Å². The van der Waals surface area contributed by atoms with Crippen molar-refractivity contribution in [3.63, 3.8) is 0 Å². The molecule has 0 fully saturated rings. The zero-order chi connectivity index (χ0) is 27.7. The zero-order valence-electron chi connectivity index (χ0n) is 21.3. The summed E-state index contributed by atoms with van der Waals surface area (Å²) in [5.41, 5.74) is 2.44. The van der Waals surface area contributed by atoms with Crippen LogP contribution < -0.4 is 4.74 Å². The highest BCUT2D eigenvalue weighted by Gasteiger charge is 2.34. The Morgan fingerprint density at radius 2 is 1.67 bits per heavy atom. The number of ether oxygens (including phenoxy) is 1. The van der Waals surface area contributed by atoms with Crippen molar-refractivity contribution < 1.29 is 22.3 Å². The second-order valence-electron chi connectivity index (χ2n) is 9.65. The summed E-state index contributed by atoms with van der Waals surface area (Å²) in [5.74, 6) is 0.408. The molecule has 0 aliphatic rings. The highest BCUT2D eigenvalue weighted by molar-refractivity contribution is 6.30. The van der Waals surface area contributed by atoms with Gasteiger partial charge >= 0.3 is 6.18 Å². The number of rotatable bonds is 7. The van der Waals surface area contributed by atoms with Gasteiger partial charge in [-0.15, -0.1) is 0 Å². The van der Waals surface area contributed by atoms with Crippen LogP contribution >= 0.6 is 11.6 Å². The molecular formula is C31H25ClF4N2O. The average molecular weight is 553 g/mol. The Morgan fingerprint density at radius 1 is 0.923 bits per heavy atom. The van der Waals surface area contributed by atoms with E-state index in [1.807, 2.05) is 12.1 Å². The molecule has 0 saturated heterocycles. The predicted molar refractivity (Wildman–Crippen MR) is 146 cm³/mol. The van der Waals surface area contributed by atoms with Crippen molar-refractivity contribution in [2.24, 2.45) is 0 Å². The third-order valence-corrected chi connectivity index (χ3v) is 6.81. The van der Waals surface area contributed by atoms with Crippen molar-refractivity contribution in [1.29, 1.82) is 0 Å². The minimum absolute atomic E-state index is 0.0857. The molecule has 0 N–H and O–H groups in total. The number of fused-ring (bicyclic) bond motifs is 1. The maximum absolute atomic E-state index is 14.7. The van der Waals surface area contributed by atoms with E-state index in [1.54, 1.807) is 30.3 Å². The SMILES string of the molecule is CC(C)c1ccc(COc2cccc(-c3c4cccc(C(F)(F)F)c4nn3Cc3ccc(Cl)cc3F)c2)cc1. The molecule has 0 aliphatic carbocycles. The van der Waals surface area contributed by atoms with E-state index in [-0.39, 0.29) is 22.6 Å². The first-order valence-corrected chi connectivity index (χ1v) is 12.8. The topological polar surface area (TPSA) is 27.1 Å². The molecule has 0 spiro atoms. The van der Waals surface area contributed by atoms with E-state index in [2.05, 4.69) is 31.1 Å². The Labute approximate surface area is 228 Å². The highest BCUT2D eigenvalue weighted by Crippen LogP contribution is 2.39. The van der Waals surface area contributed by atoms with E-state index in [0.29, 0.717) is 34.9 Å². The molecule has 0 bridgehead atoms. The number of halogens is 5. The normalized spacial score (nSPS) is 11.9. The number of benzene rings is 4. The molecule has 200 valence electrons. The van der Waals surface area contributed by atoms with Crippen molar-refractivity contribution in [2.45, 2.75) is 39.1 Å². The van der Waals surface area contributed by atoms with Gasteiger partial charge in [-0.05, 0) is 47.4 Å². The van der Waals surface area contributed by atoms with Gasteiger partial charge in [0.15, 0.2) is 0 Å². The van der Waals surface area contributed by atoms with Crippen LogP contribution in [0, 0.1) is 5.82 Å². The Balaban J connectivity index is 1.54. The van der Waals surface area contributed by atoms with Crippen LogP contribution in [0.15, 0.2) is 84.9 Å². The first-order valence-electron chi connectivity index (χ1n) is 12.4. The molecule has 5 aromatic rings. The molecule has 5 rings (SSSR count). The van der Waals surface area contributed by atoms with Gasteiger partial charge in [0, 0.05) is 21.5 Å². The van der Waals surface area contributed by atoms with E-state index in [0.717, 1.165) is 11.6 Å². The summed E-state index contributed by atoms with van der Waals surface area (Å²) in [4.78, 5) is 0. The molecule has 0 saturated carbocycles. The molecule has 4 aromatic carbocycles. The second-order valence-corrected chi connectivity index (χ2v) is 10.1. The number of hydrogen-bond acceptors (Lipinski definition) is 2. The van der Waals surface area contributed by atoms with Crippen LogP contribution in [0.1, 0.15) is 42.0 Å². The van der Waals surface area contributed by atoms with Crippen LogP contribution in [0.5, 0.6) is 5.75 Å². The Bertz CT molecular complexity index is 1620. The van der Waals surface area contributed by atoms with Crippen molar-refractivity contribution in [2.75, 3.05) is 0 Å². The maximum Gasteiger partial charge on any atom is 0.418 e. The summed E-state index contributed by atoms with van der Waals surface area (Å²) in [5, 5.41) is 4.85. The number of aromatic nitrogens is 2. The monoisotopic (exact) mass is 552 g/mol. The summed E-state index contributed by atoms with van der Waals surface area (Å²) >= 11 is 5.89. The van der Waals surface area contributed by atoms with Crippen molar-refractivity contribution >= 4 is 22.5 Å². The third-order valence-electron chi connectivity index (χ3n) is 6.57. The van der Waals surface area contributed by atoms with Crippen molar-refractivity contribution in [3.8, 4) is 17.0 Å². The Hall–Kier alpha value is -3.84. The van der Waals surface area contributed by atoms with E-state index < -0.39 is 17.6 Å². The fourth-order valence-corrected chi connectivity index (χ4v) is 4.67. The quantitative estimate of drug-likeness (QED) is 0.188. The molecule has 0 radical (unpaired) electrons. The first kappa shape index (κ1) is 26.8. The third kappa shape index (κ3) is 5.78. The molecular weight excluding hydrogens is 528 g/mol. The molecule has 1 heterocycles. The van der Waals surface area contributed by atoms with Gasteiger partial charge in [-0.2, -0.15) is 18.3 Å². The van der Waals surface area contributed by atoms with Gasteiger partial charge in [0.2, 0.25) is 0 Å². The predicted octanol–water partition coefficient (Wildman–Crippen LogP) is 9.27. The lowest BCUT2D eigenvalue weighted by molar-refractivity contribution is -0.136. The van der Waals surface area contributed by atoms with Gasteiger partial charge in [-0.25, -0.2) is 4.39 Å². The van der Waals surface area contributed by atoms with Crippen LogP contribution in [0.4, 0.5) is 17.6 Å². The lowest BCUT2D eigenvalue weighted by Gasteiger charge is -2.12. The van der Waals surface area contributed by atoms with Crippen LogP contribution in [0.3, 0.4) is 0 Å². The number of alkyl halides is 3. The van der Waals surface area contributed by atoms with Gasteiger partial charge in [0.05, 0.1) is 17.8 Å². The lowest BCUT2D eigenvalue weighted by Crippen LogP contribution is -2.07. The summed E-state index contributed by atoms with van der Waals surface area (Å²) in [7, 11) is 0. The largest absolute Gasteiger partial charge is 0.489 e. The maximum atomic E-state index is 14.7. The summed E-state index contributed by atoms with van der Waals surface area (Å²) in [6.45, 7) is 4.50. The fourth-order valence-electron chi connectivity index (χ4n) is 4.51. The molecule has 1 aromatic heterocycles. The molecule has 0 atom stereocenters. The van der Waals surface area contributed by atoms with Crippen LogP contribution in [0.2, 0.25) is 5.02 Å². The van der Waals surface area contributed by atoms with E-state index in [1.165, 1.54) is 34.5 Å². The number of hydrogen-bond donors (Lipinski definition) is 0. The van der Waals surface area contributed by atoms with Crippen LogP contribution in [-0.4, -0.2) is 9.78 Å². The van der Waals surface area contributed by atoms with Gasteiger partial charge in [0.25, 0.3) is 0 Å². The minimum Gasteiger partial charge on any atom is -0.489 e. The second kappa shape index (κ2) is 10.7. The molecule has 0 aliphatic heterocycles. The van der Waals surface area contributed by atoms with E-state index in [9.17, 15) is 17.6 Å². The van der Waals surface area contributed by atoms with Crippen molar-refractivity contribution in [3.05, 3.63) is 118 Å². The van der Waals surface area contributed by atoms with E-state index >= 15 is 0 Å². The van der Waals surface area contributed by atoms with Gasteiger partial charge in [0.1, 0.15) is 23.7 Å². The van der Waals surface area contributed by atoms with Gasteiger partial charge in [-0.3, -0.25) is 4.68 Å². The van der Waals surface area contributed by atoms with Crippen LogP contribution in [0.25, 0.3) is 22.2 Å². The van der Waals surface area contributed by atoms with Crippen LogP contribution in [-0.2, 0) is 19.3 Å². The fraction of sp³-hybridized carbons (Fsp3) is 0.194. The smallest absolute Gasteiger partial charge is 0.418 e. The molecule has 8 heteroatoms. The zero-order valence-corrected chi connectivity index (χ0v) is 22.0. The molecule has 0 amide bonds. The minimum atomic E-state index is -4.60. The summed E-state index contributed by atoms with van der Waals surface area (Å²) in [6.07, 6.45) is -4.60. The Kier molecular flexibility index (Phi) is 7.36. The lowest BCUT2D eigenvalue weighted by atomic mass is 10.0. The number of nitrogens with zero attached hydrogens (tertiary/aromatic N) is 2. The first-order chi connectivity index (χ1) is 18.6.